The van der Waals surface area contributed by atoms with Crippen LogP contribution in [0.2, 0.25) is 0 Å². The number of allylic oxidation sites excluding steroid dienone is 1. The number of nitrogens with one attached hydrogen (secondary N) is 1. The molecule has 6 nitrogen and oxygen atoms in total. The van der Waals surface area contributed by atoms with E-state index >= 15 is 0 Å². The third-order valence-corrected chi connectivity index (χ3v) is 5.47. The zero-order valence-electron chi connectivity index (χ0n) is 17.2. The number of hydrogen-bond acceptors (Lipinski definition) is 7. The minimum atomic E-state index is -0.622. The first-order valence-corrected chi connectivity index (χ1v) is 10.4. The van der Waals surface area contributed by atoms with Gasteiger partial charge in [0, 0.05) is 11.8 Å². The molecule has 1 N–H and O–H groups in total. The summed E-state index contributed by atoms with van der Waals surface area (Å²) in [4.78, 5) is 9.71. The Hall–Kier alpha value is -4.27. The second-order valence-electron chi connectivity index (χ2n) is 6.97. The molecule has 0 fully saturated rings. The number of ether oxygens (including phenoxy) is 1. The average molecular weight is 441 g/mol. The van der Waals surface area contributed by atoms with E-state index in [1.54, 1.807) is 18.2 Å². The van der Waals surface area contributed by atoms with Crippen molar-refractivity contribution in [3.8, 4) is 23.8 Å². The maximum atomic E-state index is 14.0. The van der Waals surface area contributed by atoms with Crippen molar-refractivity contribution in [2.45, 2.75) is 13.8 Å². The molecule has 0 saturated carbocycles. The Morgan fingerprint density at radius 3 is 2.56 bits per heavy atom. The van der Waals surface area contributed by atoms with Gasteiger partial charge in [0.1, 0.15) is 22.5 Å². The van der Waals surface area contributed by atoms with Crippen LogP contribution in [0.15, 0.2) is 47.9 Å². The number of anilines is 2. The van der Waals surface area contributed by atoms with Crippen LogP contribution in [-0.2, 0) is 0 Å². The maximum absolute atomic E-state index is 14.0. The van der Waals surface area contributed by atoms with Crippen LogP contribution in [0.1, 0.15) is 22.3 Å². The first-order valence-electron chi connectivity index (χ1n) is 9.55. The second-order valence-corrected chi connectivity index (χ2v) is 7.87. The largest absolute Gasteiger partial charge is 0.438 e. The molecule has 2 aromatic heterocycles. The lowest BCUT2D eigenvalue weighted by Gasteiger charge is -2.14. The highest BCUT2D eigenvalue weighted by molar-refractivity contribution is 7.16. The van der Waals surface area contributed by atoms with Gasteiger partial charge >= 0.3 is 0 Å². The Morgan fingerprint density at radius 2 is 1.88 bits per heavy atom. The number of thiophene rings is 1. The van der Waals surface area contributed by atoms with Crippen LogP contribution in [-0.4, -0.2) is 9.97 Å². The topological polar surface area (TPSA) is 94.6 Å². The number of hydrogen-bond donors (Lipinski definition) is 1. The molecule has 0 bridgehead atoms. The molecule has 8 heteroatoms. The van der Waals surface area contributed by atoms with Gasteiger partial charge in [-0.3, -0.25) is 0 Å². The van der Waals surface area contributed by atoms with Crippen LogP contribution in [0.5, 0.6) is 11.6 Å². The number of nitriles is 2. The van der Waals surface area contributed by atoms with E-state index < -0.39 is 5.82 Å². The van der Waals surface area contributed by atoms with Crippen molar-refractivity contribution >= 4 is 39.3 Å². The van der Waals surface area contributed by atoms with E-state index in [0.717, 1.165) is 26.9 Å². The lowest BCUT2D eigenvalue weighted by Crippen LogP contribution is -2.01. The van der Waals surface area contributed by atoms with Crippen molar-refractivity contribution in [3.63, 3.8) is 0 Å². The Morgan fingerprint density at radius 1 is 1.09 bits per heavy atom. The highest BCUT2D eigenvalue weighted by atomic mass is 32.1. The van der Waals surface area contributed by atoms with Crippen LogP contribution in [0.25, 0.3) is 16.3 Å². The zero-order valence-corrected chi connectivity index (χ0v) is 18.0. The summed E-state index contributed by atoms with van der Waals surface area (Å²) in [6.45, 7) is 3.85. The lowest BCUT2D eigenvalue weighted by molar-refractivity contribution is 0.462. The summed E-state index contributed by atoms with van der Waals surface area (Å²) in [6.07, 6.45) is 3.17. The molecule has 4 rings (SSSR count). The van der Waals surface area contributed by atoms with Gasteiger partial charge in [0.15, 0.2) is 0 Å². The van der Waals surface area contributed by atoms with Crippen LogP contribution >= 0.6 is 11.3 Å². The van der Waals surface area contributed by atoms with Crippen LogP contribution in [0, 0.1) is 42.3 Å². The van der Waals surface area contributed by atoms with Crippen molar-refractivity contribution < 1.29 is 9.13 Å². The SMILES string of the molecule is Cc1cc(/C=C/C#N)cc(C)c1Oc1nc(Nc2ccc(C#N)c(F)c2)nc2sccc12. The number of rotatable bonds is 5. The molecular weight excluding hydrogens is 425 g/mol. The fourth-order valence-corrected chi connectivity index (χ4v) is 4.00. The maximum Gasteiger partial charge on any atom is 0.232 e. The van der Waals surface area contributed by atoms with Crippen LogP contribution in [0.3, 0.4) is 0 Å². The number of benzene rings is 2. The first kappa shape index (κ1) is 21.0. The van der Waals surface area contributed by atoms with E-state index in [9.17, 15) is 4.39 Å². The minimum Gasteiger partial charge on any atom is -0.438 e. The number of fused-ring (bicyclic) bond motifs is 1. The van der Waals surface area contributed by atoms with Gasteiger partial charge in [-0.05, 0) is 78.4 Å². The summed E-state index contributed by atoms with van der Waals surface area (Å²) >= 11 is 1.44. The summed E-state index contributed by atoms with van der Waals surface area (Å²) in [5.74, 6) is 0.672. The molecule has 0 radical (unpaired) electrons. The Balaban J connectivity index is 1.70. The van der Waals surface area contributed by atoms with Crippen LogP contribution < -0.4 is 10.1 Å². The van der Waals surface area contributed by atoms with Crippen LogP contribution in [0.4, 0.5) is 16.0 Å². The Bertz CT molecular complexity index is 1420. The third-order valence-electron chi connectivity index (χ3n) is 4.67. The molecular formula is C24H16FN5OS. The van der Waals surface area contributed by atoms with Gasteiger partial charge in [0.2, 0.25) is 11.8 Å². The van der Waals surface area contributed by atoms with Gasteiger partial charge in [0.25, 0.3) is 0 Å². The molecule has 0 aliphatic carbocycles. The van der Waals surface area contributed by atoms with Crippen molar-refractivity contribution in [2.24, 2.45) is 0 Å². The van der Waals surface area contributed by atoms with E-state index in [1.165, 1.54) is 29.5 Å². The minimum absolute atomic E-state index is 0.0341. The summed E-state index contributed by atoms with van der Waals surface area (Å²) in [6, 6.07) is 13.7. The monoisotopic (exact) mass is 441 g/mol. The second kappa shape index (κ2) is 8.84. The zero-order chi connectivity index (χ0) is 22.7. The fraction of sp³-hybridized carbons (Fsp3) is 0.0833. The molecule has 0 aliphatic rings. The number of aromatic nitrogens is 2. The predicted octanol–water partition coefficient (Wildman–Crippen LogP) is 6.39. The molecule has 156 valence electrons. The molecule has 0 aliphatic heterocycles. The molecule has 2 heterocycles. The quantitative estimate of drug-likeness (QED) is 0.361. The van der Waals surface area contributed by atoms with Gasteiger partial charge < -0.3 is 10.1 Å². The lowest BCUT2D eigenvalue weighted by atomic mass is 10.1. The van der Waals surface area contributed by atoms with Crippen molar-refractivity contribution in [3.05, 3.63) is 75.9 Å². The third kappa shape index (κ3) is 4.27. The molecule has 4 aromatic rings. The number of nitrogens with zero attached hydrogens (tertiary/aromatic N) is 4. The van der Waals surface area contributed by atoms with Crippen molar-refractivity contribution in [2.75, 3.05) is 5.32 Å². The molecule has 0 amide bonds. The molecule has 0 unspecified atom stereocenters. The van der Waals surface area contributed by atoms with E-state index in [1.807, 2.05) is 43.5 Å². The molecule has 0 atom stereocenters. The Labute approximate surface area is 187 Å². The number of aryl methyl sites for hydroxylation is 2. The van der Waals surface area contributed by atoms with Gasteiger partial charge in [-0.25, -0.2) is 9.37 Å². The van der Waals surface area contributed by atoms with Crippen molar-refractivity contribution in [1.29, 1.82) is 10.5 Å². The normalized spacial score (nSPS) is 10.8. The van der Waals surface area contributed by atoms with E-state index in [0.29, 0.717) is 17.3 Å². The predicted molar refractivity (Wildman–Crippen MR) is 122 cm³/mol. The van der Waals surface area contributed by atoms with Gasteiger partial charge in [-0.2, -0.15) is 15.5 Å². The summed E-state index contributed by atoms with van der Waals surface area (Å²) in [7, 11) is 0. The molecule has 0 spiro atoms. The van der Waals surface area contributed by atoms with Crippen molar-refractivity contribution in [1.82, 2.24) is 9.97 Å². The molecule has 32 heavy (non-hydrogen) atoms. The smallest absolute Gasteiger partial charge is 0.232 e. The first-order chi connectivity index (χ1) is 15.5. The summed E-state index contributed by atoms with van der Waals surface area (Å²) < 4.78 is 20.2. The summed E-state index contributed by atoms with van der Waals surface area (Å²) in [5.41, 5.74) is 3.08. The fourth-order valence-electron chi connectivity index (χ4n) is 3.25. The summed E-state index contributed by atoms with van der Waals surface area (Å²) in [5, 5.41) is 23.3. The van der Waals surface area contributed by atoms with Gasteiger partial charge in [-0.1, -0.05) is 0 Å². The number of halogens is 1. The average Bonchev–Trinajstić information content (AvgIpc) is 3.24. The van der Waals surface area contributed by atoms with Gasteiger partial charge in [0.05, 0.1) is 17.0 Å². The molecule has 0 saturated heterocycles. The van der Waals surface area contributed by atoms with E-state index in [4.69, 9.17) is 15.3 Å². The highest BCUT2D eigenvalue weighted by Crippen LogP contribution is 2.35. The van der Waals surface area contributed by atoms with Gasteiger partial charge in [-0.15, -0.1) is 11.3 Å². The highest BCUT2D eigenvalue weighted by Gasteiger charge is 2.15. The van der Waals surface area contributed by atoms with E-state index in [-0.39, 0.29) is 11.5 Å². The molecule has 2 aromatic carbocycles. The standard InChI is InChI=1S/C24H16FN5OS/c1-14-10-16(4-3-8-26)11-15(2)21(14)31-22-19-7-9-32-23(19)30-24(29-22)28-18-6-5-17(13-27)20(25)12-18/h3-7,9-12H,1-2H3,(H,28,29,30)/b4-3+. The van der Waals surface area contributed by atoms with E-state index in [2.05, 4.69) is 15.3 Å². The Kier molecular flexibility index (Phi) is 5.80.